The van der Waals surface area contributed by atoms with Crippen LogP contribution in [0.4, 0.5) is 22.1 Å². The number of carbonyl (C=O) groups excluding carboxylic acids is 1. The first-order valence-corrected chi connectivity index (χ1v) is 17.0. The van der Waals surface area contributed by atoms with Crippen LogP contribution in [-0.2, 0) is 28.7 Å². The summed E-state index contributed by atoms with van der Waals surface area (Å²) < 4.78 is 8.85. The number of anilines is 3. The van der Waals surface area contributed by atoms with Gasteiger partial charge in [0.15, 0.2) is 11.5 Å². The van der Waals surface area contributed by atoms with E-state index < -0.39 is 16.6 Å². The zero-order valence-corrected chi connectivity index (χ0v) is 29.7. The molecule has 0 bridgehead atoms. The van der Waals surface area contributed by atoms with Gasteiger partial charge in [-0.3, -0.25) is 4.79 Å². The van der Waals surface area contributed by atoms with Crippen molar-refractivity contribution in [2.75, 3.05) is 36.4 Å². The average molecular weight is 669 g/mol. The second-order valence-electron chi connectivity index (χ2n) is 15.3. The number of pyridine rings is 1. The molecule has 1 aliphatic carbocycles. The molecule has 4 heterocycles. The number of carbonyl (C=O) groups is 1. The standard InChI is InChI=1S/C37H48N8O4/c1-9-19-44-32(46)28-30(35(2,3)4)40-33(41-31(28)45(44)27-17-12-24-11-10-18-37(8,48)29(24)39-27)38-25-13-15-26(16-14-25)42-20-22-43(23-21-42)34(47)49-36(5,6)7/h9,12-17,48H,1,10-11,18-23H2,2-8H3,(H,38,40,41). The van der Waals surface area contributed by atoms with Gasteiger partial charge in [0.2, 0.25) is 5.95 Å². The highest BCUT2D eigenvalue weighted by atomic mass is 16.6. The fourth-order valence-corrected chi connectivity index (χ4v) is 6.61. The third-order valence-electron chi connectivity index (χ3n) is 9.01. The van der Waals surface area contributed by atoms with E-state index in [4.69, 9.17) is 19.7 Å². The molecule has 1 amide bonds. The smallest absolute Gasteiger partial charge is 0.410 e. The molecule has 1 unspecified atom stereocenters. The van der Waals surface area contributed by atoms with Gasteiger partial charge in [0.05, 0.1) is 17.9 Å². The van der Waals surface area contributed by atoms with E-state index in [0.29, 0.717) is 66.8 Å². The lowest BCUT2D eigenvalue weighted by Crippen LogP contribution is -2.50. The largest absolute Gasteiger partial charge is 0.444 e. The van der Waals surface area contributed by atoms with Gasteiger partial charge in [-0.05, 0) is 82.9 Å². The first-order valence-electron chi connectivity index (χ1n) is 17.0. The molecule has 3 aromatic heterocycles. The van der Waals surface area contributed by atoms with Crippen molar-refractivity contribution in [3.05, 3.63) is 76.4 Å². The van der Waals surface area contributed by atoms with Crippen molar-refractivity contribution in [3.8, 4) is 5.82 Å². The monoisotopic (exact) mass is 668 g/mol. The van der Waals surface area contributed by atoms with E-state index in [0.717, 1.165) is 29.8 Å². The predicted molar refractivity (Wildman–Crippen MR) is 192 cm³/mol. The van der Waals surface area contributed by atoms with Crippen molar-refractivity contribution in [2.45, 2.75) is 90.9 Å². The summed E-state index contributed by atoms with van der Waals surface area (Å²) in [5.41, 5.74) is 2.23. The summed E-state index contributed by atoms with van der Waals surface area (Å²) in [7, 11) is 0. The summed E-state index contributed by atoms with van der Waals surface area (Å²) in [5, 5.41) is 15.0. The summed E-state index contributed by atoms with van der Waals surface area (Å²) in [6.45, 7) is 20.2. The molecule has 4 aromatic rings. The molecule has 49 heavy (non-hydrogen) atoms. The summed E-state index contributed by atoms with van der Waals surface area (Å²) in [6.07, 6.45) is 3.74. The zero-order valence-electron chi connectivity index (χ0n) is 29.7. The van der Waals surface area contributed by atoms with Gasteiger partial charge in [-0.2, -0.15) is 4.98 Å². The summed E-state index contributed by atoms with van der Waals surface area (Å²) in [4.78, 5) is 45.3. The van der Waals surface area contributed by atoms with Crippen LogP contribution in [0.1, 0.15) is 78.3 Å². The second-order valence-corrected chi connectivity index (χ2v) is 15.3. The number of fused-ring (bicyclic) bond motifs is 2. The lowest BCUT2D eigenvalue weighted by atomic mass is 9.84. The number of benzene rings is 1. The number of nitrogens with zero attached hydrogens (tertiary/aromatic N) is 7. The summed E-state index contributed by atoms with van der Waals surface area (Å²) in [6, 6.07) is 11.9. The normalized spacial score (nSPS) is 18.4. The molecule has 2 N–H and O–H groups in total. The Kier molecular flexibility index (Phi) is 8.81. The number of ether oxygens (including phenoxy) is 1. The van der Waals surface area contributed by atoms with E-state index in [-0.39, 0.29) is 18.2 Å². The van der Waals surface area contributed by atoms with Gasteiger partial charge in [-0.15, -0.1) is 6.58 Å². The van der Waals surface area contributed by atoms with Crippen LogP contribution in [0.3, 0.4) is 0 Å². The maximum absolute atomic E-state index is 14.1. The Morgan fingerprint density at radius 1 is 1.02 bits per heavy atom. The van der Waals surface area contributed by atoms with Crippen LogP contribution in [0, 0.1) is 0 Å². The first-order chi connectivity index (χ1) is 23.1. The fourth-order valence-electron chi connectivity index (χ4n) is 6.61. The Balaban J connectivity index is 1.33. The highest BCUT2D eigenvalue weighted by molar-refractivity contribution is 5.81. The van der Waals surface area contributed by atoms with Crippen molar-refractivity contribution in [2.24, 2.45) is 0 Å². The van der Waals surface area contributed by atoms with Gasteiger partial charge in [-0.1, -0.05) is 32.9 Å². The Morgan fingerprint density at radius 2 is 1.71 bits per heavy atom. The number of rotatable bonds is 6. The van der Waals surface area contributed by atoms with Crippen molar-refractivity contribution in [1.29, 1.82) is 0 Å². The number of aryl methyl sites for hydroxylation is 1. The van der Waals surface area contributed by atoms with Crippen LogP contribution in [-0.4, -0.2) is 72.2 Å². The van der Waals surface area contributed by atoms with Crippen LogP contribution in [0.2, 0.25) is 0 Å². The number of aliphatic hydroxyl groups is 1. The van der Waals surface area contributed by atoms with E-state index in [1.807, 2.05) is 77.9 Å². The quantitative estimate of drug-likeness (QED) is 0.245. The van der Waals surface area contributed by atoms with Gasteiger partial charge >= 0.3 is 6.09 Å². The molecule has 1 saturated heterocycles. The number of amides is 1. The number of hydrogen-bond acceptors (Lipinski definition) is 9. The first kappa shape index (κ1) is 34.2. The Labute approximate surface area is 287 Å². The van der Waals surface area contributed by atoms with Crippen LogP contribution in [0.5, 0.6) is 0 Å². The van der Waals surface area contributed by atoms with Crippen LogP contribution in [0.15, 0.2) is 53.8 Å². The molecular formula is C37H48N8O4. The molecule has 1 aliphatic heterocycles. The number of piperazine rings is 1. The molecule has 1 aromatic carbocycles. The molecule has 0 radical (unpaired) electrons. The number of nitrogens with one attached hydrogen (secondary N) is 1. The Hall–Kier alpha value is -4.71. The van der Waals surface area contributed by atoms with Crippen molar-refractivity contribution in [1.82, 2.24) is 29.2 Å². The van der Waals surface area contributed by atoms with Crippen molar-refractivity contribution >= 4 is 34.4 Å². The lowest BCUT2D eigenvalue weighted by Gasteiger charge is -2.36. The van der Waals surface area contributed by atoms with E-state index in [1.165, 1.54) is 0 Å². The van der Waals surface area contributed by atoms with Crippen molar-refractivity contribution in [3.63, 3.8) is 0 Å². The van der Waals surface area contributed by atoms with E-state index in [2.05, 4.69) is 16.8 Å². The Morgan fingerprint density at radius 3 is 2.35 bits per heavy atom. The molecule has 12 nitrogen and oxygen atoms in total. The van der Waals surface area contributed by atoms with Gasteiger partial charge < -0.3 is 25.0 Å². The Bertz CT molecular complexity index is 1940. The zero-order chi connectivity index (χ0) is 35.3. The van der Waals surface area contributed by atoms with Gasteiger partial charge in [0.1, 0.15) is 16.6 Å². The highest BCUT2D eigenvalue weighted by Crippen LogP contribution is 2.35. The number of hydrogen-bond donors (Lipinski definition) is 2. The average Bonchev–Trinajstić information content (AvgIpc) is 3.30. The molecular weight excluding hydrogens is 620 g/mol. The van der Waals surface area contributed by atoms with Crippen LogP contribution >= 0.6 is 0 Å². The van der Waals surface area contributed by atoms with E-state index in [1.54, 1.807) is 27.3 Å². The molecule has 6 rings (SSSR count). The topological polar surface area (TPSA) is 131 Å². The van der Waals surface area contributed by atoms with Gasteiger partial charge in [0, 0.05) is 43.0 Å². The number of allylic oxidation sites excluding steroid dienone is 1. The minimum Gasteiger partial charge on any atom is -0.444 e. The van der Waals surface area contributed by atoms with Crippen LogP contribution in [0.25, 0.3) is 16.9 Å². The summed E-state index contributed by atoms with van der Waals surface area (Å²) >= 11 is 0. The highest BCUT2D eigenvalue weighted by Gasteiger charge is 2.33. The maximum Gasteiger partial charge on any atom is 0.410 e. The van der Waals surface area contributed by atoms with Gasteiger partial charge in [-0.25, -0.2) is 24.1 Å². The molecule has 0 saturated carbocycles. The molecule has 1 atom stereocenters. The predicted octanol–water partition coefficient (Wildman–Crippen LogP) is 5.81. The SMILES string of the molecule is C=CCn1c(=O)c2c(C(C)(C)C)nc(Nc3ccc(N4CCN(C(=O)OC(C)(C)C)CC4)cc3)nc2n1-c1ccc2c(n1)C(C)(O)CCC2. The molecule has 1 fully saturated rings. The van der Waals surface area contributed by atoms with Gasteiger partial charge in [0.25, 0.3) is 5.56 Å². The van der Waals surface area contributed by atoms with Crippen LogP contribution < -0.4 is 15.8 Å². The molecule has 2 aliphatic rings. The number of aromatic nitrogens is 5. The fraction of sp³-hybridized carbons (Fsp3) is 0.486. The van der Waals surface area contributed by atoms with E-state index in [9.17, 15) is 14.7 Å². The minimum absolute atomic E-state index is 0.228. The molecule has 12 heteroatoms. The minimum atomic E-state index is -1.06. The molecule has 0 spiro atoms. The third kappa shape index (κ3) is 6.92. The third-order valence-corrected chi connectivity index (χ3v) is 9.01. The van der Waals surface area contributed by atoms with Crippen molar-refractivity contribution < 1.29 is 14.6 Å². The maximum atomic E-state index is 14.1. The molecule has 260 valence electrons. The lowest BCUT2D eigenvalue weighted by molar-refractivity contribution is 0.0240. The second kappa shape index (κ2) is 12.6. The summed E-state index contributed by atoms with van der Waals surface area (Å²) in [5.74, 6) is 0.848. The van der Waals surface area contributed by atoms with E-state index >= 15 is 0 Å².